The molecule has 4 nitrogen and oxygen atoms in total. The average molecular weight is 354 g/mol. The Bertz CT molecular complexity index is 959. The molecular formula is C20H20F2N4. The second kappa shape index (κ2) is 5.76. The van der Waals surface area contributed by atoms with E-state index in [4.69, 9.17) is 0 Å². The molecule has 0 spiro atoms. The summed E-state index contributed by atoms with van der Waals surface area (Å²) < 4.78 is 28.1. The van der Waals surface area contributed by atoms with E-state index in [-0.39, 0.29) is 11.4 Å². The Labute approximate surface area is 150 Å². The number of hydrogen-bond donors (Lipinski definition) is 2. The molecular weight excluding hydrogens is 334 g/mol. The van der Waals surface area contributed by atoms with E-state index in [9.17, 15) is 8.78 Å². The summed E-state index contributed by atoms with van der Waals surface area (Å²) in [6, 6.07) is 3.16. The number of rotatable bonds is 3. The van der Waals surface area contributed by atoms with E-state index < -0.39 is 5.82 Å². The Hall–Kier alpha value is -2.50. The van der Waals surface area contributed by atoms with E-state index in [0.29, 0.717) is 22.4 Å². The number of aromatic nitrogens is 3. The van der Waals surface area contributed by atoms with Crippen molar-refractivity contribution in [3.05, 3.63) is 42.4 Å². The second-order valence-electron chi connectivity index (χ2n) is 7.69. The van der Waals surface area contributed by atoms with Gasteiger partial charge in [0.25, 0.3) is 0 Å². The molecule has 0 amide bonds. The van der Waals surface area contributed by atoms with Crippen molar-refractivity contribution in [3.8, 4) is 11.3 Å². The maximum absolute atomic E-state index is 14.5. The normalized spacial score (nSPS) is 24.9. The highest BCUT2D eigenvalue weighted by Crippen LogP contribution is 2.46. The molecule has 2 bridgehead atoms. The third-order valence-corrected chi connectivity index (χ3v) is 6.12. The highest BCUT2D eigenvalue weighted by molar-refractivity contribution is 5.92. The fourth-order valence-electron chi connectivity index (χ4n) is 4.59. The third kappa shape index (κ3) is 2.55. The lowest BCUT2D eigenvalue weighted by Gasteiger charge is -2.47. The largest absolute Gasteiger partial charge is 0.377 e. The van der Waals surface area contributed by atoms with Crippen LogP contribution in [0, 0.1) is 17.6 Å². The van der Waals surface area contributed by atoms with Crippen LogP contribution in [0.2, 0.25) is 0 Å². The topological polar surface area (TPSA) is 53.6 Å². The molecule has 6 heteroatoms. The van der Waals surface area contributed by atoms with Gasteiger partial charge in [0.15, 0.2) is 5.82 Å². The number of halogens is 2. The lowest BCUT2D eigenvalue weighted by molar-refractivity contribution is 0.158. The number of hydrogen-bond acceptors (Lipinski definition) is 3. The fraction of sp³-hybridized carbons (Fsp3) is 0.400. The molecule has 134 valence electrons. The molecule has 0 unspecified atom stereocenters. The monoisotopic (exact) mass is 354 g/mol. The molecule has 3 aromatic heterocycles. The van der Waals surface area contributed by atoms with Gasteiger partial charge in [0.2, 0.25) is 0 Å². The summed E-state index contributed by atoms with van der Waals surface area (Å²) in [6.07, 6.45) is 11.1. The van der Waals surface area contributed by atoms with Crippen molar-refractivity contribution in [2.45, 2.75) is 44.1 Å². The molecule has 0 atom stereocenters. The number of aromatic amines is 1. The third-order valence-electron chi connectivity index (χ3n) is 6.12. The van der Waals surface area contributed by atoms with Crippen molar-refractivity contribution in [3.63, 3.8) is 0 Å². The van der Waals surface area contributed by atoms with Gasteiger partial charge in [-0.2, -0.15) is 0 Å². The maximum atomic E-state index is 14.5. The van der Waals surface area contributed by atoms with E-state index in [1.807, 2.05) is 0 Å². The highest BCUT2D eigenvalue weighted by atomic mass is 19.1. The Kier molecular flexibility index (Phi) is 3.48. The van der Waals surface area contributed by atoms with Crippen molar-refractivity contribution in [2.75, 3.05) is 5.32 Å². The minimum atomic E-state index is -0.406. The van der Waals surface area contributed by atoms with Crippen molar-refractivity contribution >= 4 is 16.7 Å². The number of anilines is 1. The molecule has 3 fully saturated rings. The number of nitrogens with zero attached hydrogens (tertiary/aromatic N) is 2. The van der Waals surface area contributed by atoms with E-state index in [0.717, 1.165) is 30.7 Å². The van der Waals surface area contributed by atoms with Gasteiger partial charge in [-0.15, -0.1) is 0 Å². The van der Waals surface area contributed by atoms with Crippen LogP contribution >= 0.6 is 0 Å². The molecule has 0 radical (unpaired) electrons. The molecule has 0 aromatic carbocycles. The van der Waals surface area contributed by atoms with Crippen LogP contribution in [0.25, 0.3) is 22.3 Å². The van der Waals surface area contributed by atoms with Crippen LogP contribution in [0.3, 0.4) is 0 Å². The van der Waals surface area contributed by atoms with Gasteiger partial charge < -0.3 is 10.3 Å². The number of fused-ring (bicyclic) bond motifs is 4. The van der Waals surface area contributed by atoms with Crippen molar-refractivity contribution in [1.29, 1.82) is 0 Å². The van der Waals surface area contributed by atoms with Crippen LogP contribution in [-0.4, -0.2) is 20.5 Å². The predicted molar refractivity (Wildman–Crippen MR) is 96.8 cm³/mol. The van der Waals surface area contributed by atoms with Crippen molar-refractivity contribution in [1.82, 2.24) is 15.0 Å². The smallest absolute Gasteiger partial charge is 0.164 e. The van der Waals surface area contributed by atoms with Gasteiger partial charge in [0, 0.05) is 22.7 Å². The number of nitrogens with one attached hydrogen (secondary N) is 2. The van der Waals surface area contributed by atoms with Gasteiger partial charge in [-0.1, -0.05) is 0 Å². The van der Waals surface area contributed by atoms with Gasteiger partial charge in [-0.25, -0.2) is 13.8 Å². The summed E-state index contributed by atoms with van der Waals surface area (Å²) in [5.41, 5.74) is 2.40. The van der Waals surface area contributed by atoms with E-state index in [1.54, 1.807) is 12.3 Å². The molecule has 0 saturated heterocycles. The quantitative estimate of drug-likeness (QED) is 0.693. The lowest BCUT2D eigenvalue weighted by Crippen LogP contribution is -2.46. The average Bonchev–Trinajstić information content (AvgIpc) is 3.08. The first-order valence-electron chi connectivity index (χ1n) is 9.19. The summed E-state index contributed by atoms with van der Waals surface area (Å²) in [5.74, 6) is 0.0989. The summed E-state index contributed by atoms with van der Waals surface area (Å²) in [4.78, 5) is 11.3. The van der Waals surface area contributed by atoms with Crippen LogP contribution in [0.5, 0.6) is 0 Å². The van der Waals surface area contributed by atoms with Gasteiger partial charge >= 0.3 is 0 Å². The zero-order valence-corrected chi connectivity index (χ0v) is 14.4. The maximum Gasteiger partial charge on any atom is 0.164 e. The van der Waals surface area contributed by atoms with Crippen LogP contribution in [-0.2, 0) is 0 Å². The SMILES string of the molecule is Fc1cnc2[nH]cc(-c3cc(NC45CCC(CC4)CC5)c(F)cn3)c2c1. The zero-order valence-electron chi connectivity index (χ0n) is 14.4. The van der Waals surface area contributed by atoms with Crippen molar-refractivity contribution in [2.24, 2.45) is 5.92 Å². The molecule has 3 saturated carbocycles. The molecule has 3 heterocycles. The first-order valence-corrected chi connectivity index (χ1v) is 9.19. The van der Waals surface area contributed by atoms with Gasteiger partial charge in [0.1, 0.15) is 11.5 Å². The summed E-state index contributed by atoms with van der Waals surface area (Å²) >= 11 is 0. The molecule has 3 aliphatic carbocycles. The van der Waals surface area contributed by atoms with E-state index in [2.05, 4.69) is 20.3 Å². The lowest BCUT2D eigenvalue weighted by atomic mass is 9.66. The Morgan fingerprint density at radius 1 is 1.04 bits per heavy atom. The van der Waals surface area contributed by atoms with E-state index >= 15 is 0 Å². The van der Waals surface area contributed by atoms with Crippen LogP contribution in [0.4, 0.5) is 14.5 Å². The minimum absolute atomic E-state index is 0.00207. The fourth-order valence-corrected chi connectivity index (χ4v) is 4.59. The standard InChI is InChI=1S/C20H20F2N4/c21-13-7-14-15(10-25-19(14)24-9-13)17-8-18(16(22)11-23-17)26-20-4-1-12(2-5-20)3-6-20/h7-12H,1-6H2,(H,23,26)(H,24,25). The Morgan fingerprint density at radius 3 is 2.58 bits per heavy atom. The van der Waals surface area contributed by atoms with Gasteiger partial charge in [-0.3, -0.25) is 4.98 Å². The minimum Gasteiger partial charge on any atom is -0.377 e. The van der Waals surface area contributed by atoms with Crippen LogP contribution < -0.4 is 5.32 Å². The first kappa shape index (κ1) is 15.7. The Balaban J connectivity index is 1.53. The summed E-state index contributed by atoms with van der Waals surface area (Å²) in [7, 11) is 0. The molecule has 3 aliphatic rings. The molecule has 0 aliphatic heterocycles. The van der Waals surface area contributed by atoms with Gasteiger partial charge in [-0.05, 0) is 56.6 Å². The molecule has 26 heavy (non-hydrogen) atoms. The molecule has 3 aromatic rings. The zero-order chi connectivity index (χ0) is 17.7. The van der Waals surface area contributed by atoms with E-state index in [1.165, 1.54) is 37.7 Å². The molecule has 6 rings (SSSR count). The second-order valence-corrected chi connectivity index (χ2v) is 7.69. The predicted octanol–water partition coefficient (Wildman–Crippen LogP) is 5.04. The van der Waals surface area contributed by atoms with Crippen molar-refractivity contribution < 1.29 is 8.78 Å². The van der Waals surface area contributed by atoms with Crippen LogP contribution in [0.15, 0.2) is 30.7 Å². The van der Waals surface area contributed by atoms with Gasteiger partial charge in [0.05, 0.1) is 23.8 Å². The number of pyridine rings is 2. The summed E-state index contributed by atoms with van der Waals surface area (Å²) in [5, 5.41) is 4.14. The first-order chi connectivity index (χ1) is 12.6. The number of H-pyrrole nitrogens is 1. The molecule has 2 N–H and O–H groups in total. The summed E-state index contributed by atoms with van der Waals surface area (Å²) in [6.45, 7) is 0. The van der Waals surface area contributed by atoms with Crippen LogP contribution in [0.1, 0.15) is 38.5 Å². The Morgan fingerprint density at radius 2 is 1.81 bits per heavy atom. The highest BCUT2D eigenvalue weighted by Gasteiger charge is 2.40.